The first-order valence-electron chi connectivity index (χ1n) is 8.48. The molecular formula is C20H24ClNO4. The summed E-state index contributed by atoms with van der Waals surface area (Å²) < 4.78 is 16.1. The fraction of sp³-hybridized carbons (Fsp3) is 0.350. The van der Waals surface area contributed by atoms with Crippen LogP contribution in [0.1, 0.15) is 36.7 Å². The van der Waals surface area contributed by atoms with Crippen molar-refractivity contribution in [2.45, 2.75) is 33.4 Å². The molecule has 0 unspecified atom stereocenters. The Morgan fingerprint density at radius 2 is 1.85 bits per heavy atom. The van der Waals surface area contributed by atoms with Gasteiger partial charge in [-0.15, -0.1) is 0 Å². The van der Waals surface area contributed by atoms with E-state index in [2.05, 4.69) is 5.32 Å². The molecule has 0 aromatic heterocycles. The molecule has 1 N–H and O–H groups in total. The van der Waals surface area contributed by atoms with Gasteiger partial charge in [-0.25, -0.2) is 4.79 Å². The molecule has 2 aromatic rings. The van der Waals surface area contributed by atoms with Gasteiger partial charge in [0.2, 0.25) is 0 Å². The summed E-state index contributed by atoms with van der Waals surface area (Å²) in [5.41, 5.74) is 2.27. The maximum absolute atomic E-state index is 11.7. The van der Waals surface area contributed by atoms with Crippen LogP contribution in [0, 0.1) is 0 Å². The normalized spacial score (nSPS) is 10.5. The van der Waals surface area contributed by atoms with Gasteiger partial charge in [0.1, 0.15) is 0 Å². The number of anilines is 1. The van der Waals surface area contributed by atoms with Gasteiger partial charge < -0.3 is 19.5 Å². The van der Waals surface area contributed by atoms with E-state index in [0.29, 0.717) is 35.2 Å². The van der Waals surface area contributed by atoms with Crippen molar-refractivity contribution in [2.75, 3.05) is 19.0 Å². The van der Waals surface area contributed by atoms with E-state index in [1.165, 1.54) is 0 Å². The Morgan fingerprint density at radius 3 is 2.42 bits per heavy atom. The zero-order valence-corrected chi connectivity index (χ0v) is 16.2. The maximum atomic E-state index is 11.7. The summed E-state index contributed by atoms with van der Waals surface area (Å²) in [5, 5.41) is 3.87. The van der Waals surface area contributed by atoms with Crippen molar-refractivity contribution < 1.29 is 19.0 Å². The van der Waals surface area contributed by atoms with Gasteiger partial charge >= 0.3 is 5.97 Å². The quantitative estimate of drug-likeness (QED) is 0.661. The minimum Gasteiger partial charge on any atom is -0.493 e. The number of esters is 1. The van der Waals surface area contributed by atoms with Crippen molar-refractivity contribution in [3.8, 4) is 11.5 Å². The summed E-state index contributed by atoms with van der Waals surface area (Å²) in [5.74, 6) is 0.931. The number of methoxy groups -OCH3 is 1. The molecule has 0 radical (unpaired) electrons. The van der Waals surface area contributed by atoms with Crippen LogP contribution < -0.4 is 14.8 Å². The van der Waals surface area contributed by atoms with E-state index in [1.54, 1.807) is 32.2 Å². The number of carbonyl (C=O) groups is 1. The van der Waals surface area contributed by atoms with Gasteiger partial charge in [0, 0.05) is 23.3 Å². The molecule has 0 saturated heterocycles. The molecule has 26 heavy (non-hydrogen) atoms. The second kappa shape index (κ2) is 9.34. The predicted octanol–water partition coefficient (Wildman–Crippen LogP) is 4.92. The number of rotatable bonds is 8. The molecule has 0 amide bonds. The van der Waals surface area contributed by atoms with Crippen LogP contribution in [0.4, 0.5) is 5.69 Å². The maximum Gasteiger partial charge on any atom is 0.338 e. The van der Waals surface area contributed by atoms with Gasteiger partial charge in [0.25, 0.3) is 0 Å². The second-order valence-corrected chi connectivity index (χ2v) is 6.32. The molecule has 6 heteroatoms. The number of benzene rings is 2. The number of ether oxygens (including phenoxy) is 3. The molecule has 0 spiro atoms. The molecule has 0 saturated carbocycles. The van der Waals surface area contributed by atoms with Crippen LogP contribution in [0.5, 0.6) is 11.5 Å². The number of hydrogen-bond acceptors (Lipinski definition) is 5. The summed E-state index contributed by atoms with van der Waals surface area (Å²) in [6.45, 7) is 6.54. The van der Waals surface area contributed by atoms with E-state index in [9.17, 15) is 4.79 Å². The van der Waals surface area contributed by atoms with Gasteiger partial charge in [0.15, 0.2) is 11.5 Å². The highest BCUT2D eigenvalue weighted by molar-refractivity contribution is 6.31. The van der Waals surface area contributed by atoms with Crippen molar-refractivity contribution in [3.05, 3.63) is 52.5 Å². The average Bonchev–Trinajstić information content (AvgIpc) is 2.61. The Bertz CT molecular complexity index is 744. The fourth-order valence-electron chi connectivity index (χ4n) is 2.35. The van der Waals surface area contributed by atoms with Crippen molar-refractivity contribution in [1.82, 2.24) is 0 Å². The Morgan fingerprint density at radius 1 is 1.15 bits per heavy atom. The summed E-state index contributed by atoms with van der Waals surface area (Å²) in [4.78, 5) is 11.7. The molecule has 0 fully saturated rings. The third kappa shape index (κ3) is 5.30. The Hall–Kier alpha value is -2.40. The Kier molecular flexibility index (Phi) is 7.16. The molecule has 0 aliphatic carbocycles. The first-order chi connectivity index (χ1) is 12.4. The Balaban J connectivity index is 2.08. The minimum absolute atomic E-state index is 0.0295. The lowest BCUT2D eigenvalue weighted by Gasteiger charge is -2.16. The molecule has 2 rings (SSSR count). The third-order valence-electron chi connectivity index (χ3n) is 3.57. The van der Waals surface area contributed by atoms with Crippen molar-refractivity contribution in [1.29, 1.82) is 0 Å². The van der Waals surface area contributed by atoms with Gasteiger partial charge in [-0.1, -0.05) is 11.6 Å². The zero-order valence-electron chi connectivity index (χ0n) is 15.5. The lowest BCUT2D eigenvalue weighted by Crippen LogP contribution is -2.08. The standard InChI is InChI=1S/C20H24ClNO4/c1-5-25-20(23)14-6-8-16(9-7-14)22-12-15-10-18(24-4)19(11-17(15)21)26-13(2)3/h6-11,13,22H,5,12H2,1-4H3. The largest absolute Gasteiger partial charge is 0.493 e. The van der Waals surface area contributed by atoms with Gasteiger partial charge in [-0.2, -0.15) is 0 Å². The highest BCUT2D eigenvalue weighted by atomic mass is 35.5. The van der Waals surface area contributed by atoms with Crippen LogP contribution in [0.3, 0.4) is 0 Å². The van der Waals surface area contributed by atoms with Crippen LogP contribution in [-0.4, -0.2) is 25.8 Å². The monoisotopic (exact) mass is 377 g/mol. The van der Waals surface area contributed by atoms with E-state index in [-0.39, 0.29) is 12.1 Å². The molecule has 5 nitrogen and oxygen atoms in total. The molecule has 0 aliphatic heterocycles. The number of nitrogens with one attached hydrogen (secondary N) is 1. The second-order valence-electron chi connectivity index (χ2n) is 5.91. The van der Waals surface area contributed by atoms with Crippen LogP contribution >= 0.6 is 11.6 Å². The highest BCUT2D eigenvalue weighted by Gasteiger charge is 2.12. The SMILES string of the molecule is CCOC(=O)c1ccc(NCc2cc(OC)c(OC(C)C)cc2Cl)cc1. The van der Waals surface area contributed by atoms with Gasteiger partial charge in [-0.3, -0.25) is 0 Å². The summed E-state index contributed by atoms with van der Waals surface area (Å²) in [7, 11) is 1.60. The molecule has 2 aromatic carbocycles. The highest BCUT2D eigenvalue weighted by Crippen LogP contribution is 2.34. The number of carbonyl (C=O) groups excluding carboxylic acids is 1. The first-order valence-corrected chi connectivity index (χ1v) is 8.86. The van der Waals surface area contributed by atoms with Crippen molar-refractivity contribution in [3.63, 3.8) is 0 Å². The zero-order chi connectivity index (χ0) is 19.1. The Labute approximate surface area is 159 Å². The minimum atomic E-state index is -0.326. The van der Waals surface area contributed by atoms with E-state index in [1.807, 2.05) is 32.0 Å². The predicted molar refractivity (Wildman–Crippen MR) is 103 cm³/mol. The van der Waals surface area contributed by atoms with Crippen LogP contribution in [0.25, 0.3) is 0 Å². The third-order valence-corrected chi connectivity index (χ3v) is 3.93. The molecule has 0 heterocycles. The molecule has 140 valence electrons. The summed E-state index contributed by atoms with van der Waals surface area (Å²) in [6.07, 6.45) is 0.0295. The van der Waals surface area contributed by atoms with Crippen molar-refractivity contribution >= 4 is 23.3 Å². The van der Waals surface area contributed by atoms with E-state index < -0.39 is 0 Å². The smallest absolute Gasteiger partial charge is 0.338 e. The van der Waals surface area contributed by atoms with E-state index in [0.717, 1.165) is 11.3 Å². The average molecular weight is 378 g/mol. The van der Waals surface area contributed by atoms with E-state index >= 15 is 0 Å². The molecule has 0 atom stereocenters. The molecular weight excluding hydrogens is 354 g/mol. The first kappa shape index (κ1) is 19.9. The molecule has 0 aliphatic rings. The van der Waals surface area contributed by atoms with Crippen LogP contribution in [0.2, 0.25) is 5.02 Å². The van der Waals surface area contributed by atoms with Crippen molar-refractivity contribution in [2.24, 2.45) is 0 Å². The lowest BCUT2D eigenvalue weighted by molar-refractivity contribution is 0.0526. The van der Waals surface area contributed by atoms with Crippen LogP contribution in [-0.2, 0) is 11.3 Å². The number of hydrogen-bond donors (Lipinski definition) is 1. The van der Waals surface area contributed by atoms with E-state index in [4.69, 9.17) is 25.8 Å². The topological polar surface area (TPSA) is 56.8 Å². The number of halogens is 1. The summed E-state index contributed by atoms with van der Waals surface area (Å²) >= 11 is 6.37. The molecule has 0 bridgehead atoms. The van der Waals surface area contributed by atoms with Gasteiger partial charge in [0.05, 0.1) is 25.4 Å². The fourth-order valence-corrected chi connectivity index (χ4v) is 2.57. The van der Waals surface area contributed by atoms with Gasteiger partial charge in [-0.05, 0) is 56.7 Å². The van der Waals surface area contributed by atoms with Crippen LogP contribution in [0.15, 0.2) is 36.4 Å². The lowest BCUT2D eigenvalue weighted by atomic mass is 10.1. The summed E-state index contributed by atoms with van der Waals surface area (Å²) in [6, 6.07) is 10.7.